The predicted molar refractivity (Wildman–Crippen MR) is 147 cm³/mol. The molecular formula is C28H31ClN6O2. The molecule has 37 heavy (non-hydrogen) atoms. The Morgan fingerprint density at radius 1 is 0.973 bits per heavy atom. The average molecular weight is 519 g/mol. The molecule has 0 radical (unpaired) electrons. The van der Waals surface area contributed by atoms with Crippen LogP contribution in [-0.4, -0.2) is 59.2 Å². The number of piperidine rings is 1. The predicted octanol–water partition coefficient (Wildman–Crippen LogP) is 5.06. The number of hydrogen-bond acceptors (Lipinski definition) is 8. The highest BCUT2D eigenvalue weighted by Gasteiger charge is 2.16. The number of fused-ring (bicyclic) bond motifs is 1. The van der Waals surface area contributed by atoms with Gasteiger partial charge in [0.25, 0.3) is 0 Å². The van der Waals surface area contributed by atoms with Gasteiger partial charge in [0.2, 0.25) is 0 Å². The van der Waals surface area contributed by atoms with E-state index in [2.05, 4.69) is 37.5 Å². The maximum absolute atomic E-state index is 6.52. The number of likely N-dealkylation sites (tertiary alicyclic amines) is 1. The van der Waals surface area contributed by atoms with E-state index in [9.17, 15) is 0 Å². The molecule has 5 rings (SSSR count). The van der Waals surface area contributed by atoms with Gasteiger partial charge in [0.1, 0.15) is 36.9 Å². The second-order valence-corrected chi connectivity index (χ2v) is 9.54. The minimum absolute atomic E-state index is 0.344. The van der Waals surface area contributed by atoms with Crippen molar-refractivity contribution >= 4 is 34.0 Å². The van der Waals surface area contributed by atoms with E-state index < -0.39 is 0 Å². The summed E-state index contributed by atoms with van der Waals surface area (Å²) in [5.41, 5.74) is 2.43. The minimum Gasteiger partial charge on any atom is -0.491 e. The Bertz CT molecular complexity index is 1310. The summed E-state index contributed by atoms with van der Waals surface area (Å²) in [6.07, 6.45) is 5.62. The molecule has 8 nitrogen and oxygen atoms in total. The van der Waals surface area contributed by atoms with E-state index in [4.69, 9.17) is 21.1 Å². The summed E-state index contributed by atoms with van der Waals surface area (Å²) in [6, 6.07) is 17.7. The van der Waals surface area contributed by atoms with Crippen molar-refractivity contribution in [2.45, 2.75) is 25.5 Å². The summed E-state index contributed by atoms with van der Waals surface area (Å²) in [5.74, 6) is 1.99. The van der Waals surface area contributed by atoms with E-state index >= 15 is 0 Å². The summed E-state index contributed by atoms with van der Waals surface area (Å²) < 4.78 is 12.0. The van der Waals surface area contributed by atoms with Gasteiger partial charge in [0.05, 0.1) is 21.6 Å². The van der Waals surface area contributed by atoms with Gasteiger partial charge in [0.15, 0.2) is 0 Å². The van der Waals surface area contributed by atoms with Crippen LogP contribution in [0.4, 0.5) is 11.5 Å². The van der Waals surface area contributed by atoms with Crippen LogP contribution in [0.2, 0.25) is 5.02 Å². The maximum Gasteiger partial charge on any atom is 0.145 e. The third-order valence-corrected chi connectivity index (χ3v) is 6.73. The maximum atomic E-state index is 6.52. The molecule has 1 aliphatic rings. The number of nitrogens with one attached hydrogen (secondary N) is 2. The first-order chi connectivity index (χ1) is 18.2. The monoisotopic (exact) mass is 518 g/mol. The van der Waals surface area contributed by atoms with Gasteiger partial charge in [-0.2, -0.15) is 0 Å². The van der Waals surface area contributed by atoms with E-state index in [1.807, 2.05) is 54.6 Å². The van der Waals surface area contributed by atoms with Gasteiger partial charge in [-0.3, -0.25) is 4.98 Å². The third kappa shape index (κ3) is 6.65. The summed E-state index contributed by atoms with van der Waals surface area (Å²) in [4.78, 5) is 15.6. The molecule has 2 aromatic heterocycles. The Labute approximate surface area is 222 Å². The molecule has 0 aliphatic carbocycles. The van der Waals surface area contributed by atoms with Crippen molar-refractivity contribution in [1.29, 1.82) is 0 Å². The number of anilines is 2. The van der Waals surface area contributed by atoms with Gasteiger partial charge in [0, 0.05) is 24.5 Å². The molecule has 4 aromatic rings. The number of ether oxygens (including phenoxy) is 2. The van der Waals surface area contributed by atoms with Gasteiger partial charge in [-0.05, 0) is 75.4 Å². The van der Waals surface area contributed by atoms with Crippen LogP contribution in [0.25, 0.3) is 10.9 Å². The molecule has 192 valence electrons. The Hall–Kier alpha value is -3.46. The zero-order valence-electron chi connectivity index (χ0n) is 20.9. The summed E-state index contributed by atoms with van der Waals surface area (Å²) in [6.45, 7) is 3.97. The molecule has 2 N–H and O–H groups in total. The fraction of sp³-hybridized carbons (Fsp3) is 0.321. The van der Waals surface area contributed by atoms with Crippen LogP contribution < -0.4 is 20.1 Å². The lowest BCUT2D eigenvalue weighted by Crippen LogP contribution is -2.42. The highest BCUT2D eigenvalue weighted by Crippen LogP contribution is 2.34. The largest absolute Gasteiger partial charge is 0.491 e. The van der Waals surface area contributed by atoms with Gasteiger partial charge >= 0.3 is 0 Å². The molecule has 0 saturated carbocycles. The molecule has 2 aromatic carbocycles. The van der Waals surface area contributed by atoms with Crippen molar-refractivity contribution in [2.24, 2.45) is 0 Å². The topological polar surface area (TPSA) is 84.4 Å². The fourth-order valence-corrected chi connectivity index (χ4v) is 4.63. The lowest BCUT2D eigenvalue weighted by molar-refractivity contribution is 0.225. The first kappa shape index (κ1) is 25.2. The number of halogens is 1. The molecule has 1 aliphatic heterocycles. The van der Waals surface area contributed by atoms with Crippen LogP contribution in [0.15, 0.2) is 67.1 Å². The molecule has 1 fully saturated rings. The van der Waals surface area contributed by atoms with Crippen molar-refractivity contribution in [1.82, 2.24) is 25.2 Å². The standard InChI is InChI=1S/C28H31ClN6O2/c1-35-14-10-20(11-15-35)31-13-16-36-26-7-4-6-24-27(26)28(33-19-32-24)34-21-8-9-25(23(29)17-21)37-18-22-5-2-3-12-30-22/h2-9,12,17,19-20,31H,10-11,13-16,18H2,1H3,(H,32,33,34). The zero-order valence-corrected chi connectivity index (χ0v) is 21.6. The van der Waals surface area contributed by atoms with E-state index in [1.165, 1.54) is 12.8 Å². The summed E-state index contributed by atoms with van der Waals surface area (Å²) >= 11 is 6.52. The Kier molecular flexibility index (Phi) is 8.30. The molecule has 3 heterocycles. The van der Waals surface area contributed by atoms with E-state index in [0.717, 1.165) is 47.7 Å². The normalized spacial score (nSPS) is 14.5. The molecule has 9 heteroatoms. The van der Waals surface area contributed by atoms with Crippen LogP contribution in [0.5, 0.6) is 11.5 Å². The number of aromatic nitrogens is 3. The second-order valence-electron chi connectivity index (χ2n) is 9.13. The molecule has 1 saturated heterocycles. The molecule has 0 bridgehead atoms. The van der Waals surface area contributed by atoms with Crippen molar-refractivity contribution in [3.05, 3.63) is 77.8 Å². The van der Waals surface area contributed by atoms with E-state index in [-0.39, 0.29) is 0 Å². The second kappa shape index (κ2) is 12.2. The third-order valence-electron chi connectivity index (χ3n) is 6.43. The molecule has 0 atom stereocenters. The smallest absolute Gasteiger partial charge is 0.145 e. The highest BCUT2D eigenvalue weighted by atomic mass is 35.5. The van der Waals surface area contributed by atoms with Gasteiger partial charge < -0.3 is 25.0 Å². The van der Waals surface area contributed by atoms with E-state index in [1.54, 1.807) is 12.5 Å². The number of hydrogen-bond donors (Lipinski definition) is 2. The molecule has 0 spiro atoms. The number of pyridine rings is 1. The van der Waals surface area contributed by atoms with Crippen molar-refractivity contribution in [3.63, 3.8) is 0 Å². The highest BCUT2D eigenvalue weighted by molar-refractivity contribution is 6.32. The van der Waals surface area contributed by atoms with Gasteiger partial charge in [-0.15, -0.1) is 0 Å². The SMILES string of the molecule is CN1CCC(NCCOc2cccc3ncnc(Nc4ccc(OCc5ccccn5)c(Cl)c4)c23)CC1. The van der Waals surface area contributed by atoms with Crippen LogP contribution in [0, 0.1) is 0 Å². The van der Waals surface area contributed by atoms with E-state index in [0.29, 0.717) is 35.8 Å². The van der Waals surface area contributed by atoms with Crippen LogP contribution in [0.3, 0.4) is 0 Å². The summed E-state index contributed by atoms with van der Waals surface area (Å²) in [5, 5.41) is 8.32. The van der Waals surface area contributed by atoms with Crippen LogP contribution >= 0.6 is 11.6 Å². The lowest BCUT2D eigenvalue weighted by atomic mass is 10.1. The summed E-state index contributed by atoms with van der Waals surface area (Å²) in [7, 11) is 2.17. The first-order valence-corrected chi connectivity index (χ1v) is 12.9. The van der Waals surface area contributed by atoms with Crippen LogP contribution in [-0.2, 0) is 6.61 Å². The van der Waals surface area contributed by atoms with Gasteiger partial charge in [-0.25, -0.2) is 9.97 Å². The van der Waals surface area contributed by atoms with Crippen molar-refractivity contribution < 1.29 is 9.47 Å². The first-order valence-electron chi connectivity index (χ1n) is 12.5. The lowest BCUT2D eigenvalue weighted by Gasteiger charge is -2.29. The average Bonchev–Trinajstić information content (AvgIpc) is 2.92. The Balaban J connectivity index is 1.24. The van der Waals surface area contributed by atoms with Gasteiger partial charge in [-0.1, -0.05) is 23.7 Å². The minimum atomic E-state index is 0.344. The van der Waals surface area contributed by atoms with Crippen molar-refractivity contribution in [2.75, 3.05) is 38.6 Å². The van der Waals surface area contributed by atoms with Crippen molar-refractivity contribution in [3.8, 4) is 11.5 Å². The Morgan fingerprint density at radius 3 is 2.68 bits per heavy atom. The Morgan fingerprint density at radius 2 is 1.86 bits per heavy atom. The molecular weight excluding hydrogens is 488 g/mol. The number of nitrogens with zero attached hydrogens (tertiary/aromatic N) is 4. The molecule has 0 unspecified atom stereocenters. The zero-order chi connectivity index (χ0) is 25.5. The quantitative estimate of drug-likeness (QED) is 0.282. The number of rotatable bonds is 10. The fourth-order valence-electron chi connectivity index (χ4n) is 4.40. The molecule has 0 amide bonds. The number of benzene rings is 2. The van der Waals surface area contributed by atoms with Crippen LogP contribution in [0.1, 0.15) is 18.5 Å².